The number of thioether (sulfide) groups is 1. The summed E-state index contributed by atoms with van der Waals surface area (Å²) in [5, 5.41) is 1.12. The summed E-state index contributed by atoms with van der Waals surface area (Å²) in [5.74, 6) is -0.202. The van der Waals surface area contributed by atoms with Crippen LogP contribution in [0.1, 0.15) is 18.7 Å². The topological polar surface area (TPSA) is 61.2 Å². The minimum atomic E-state index is -0.318. The third kappa shape index (κ3) is 3.77. The summed E-state index contributed by atoms with van der Waals surface area (Å²) in [5.41, 5.74) is 0.621. The molecule has 0 N–H and O–H groups in total. The van der Waals surface area contributed by atoms with Crippen molar-refractivity contribution in [2.75, 3.05) is 12.4 Å². The molecule has 3 rings (SSSR count). The molecule has 5 nitrogen and oxygen atoms in total. The maximum absolute atomic E-state index is 13.0. The first-order chi connectivity index (χ1) is 12.1. The molecule has 0 aliphatic heterocycles. The SMILES string of the molecule is CCOC(=O)CSc1nc2sc(CC)cc2c(=O)n1-c1ccccc1. The molecule has 0 aliphatic carbocycles. The van der Waals surface area contributed by atoms with Gasteiger partial charge in [-0.3, -0.25) is 14.2 Å². The fourth-order valence-electron chi connectivity index (χ4n) is 2.41. The van der Waals surface area contributed by atoms with E-state index < -0.39 is 0 Å². The fourth-order valence-corrected chi connectivity index (χ4v) is 4.23. The number of aromatic nitrogens is 2. The summed E-state index contributed by atoms with van der Waals surface area (Å²) < 4.78 is 6.54. The van der Waals surface area contributed by atoms with Gasteiger partial charge in [-0.25, -0.2) is 4.98 Å². The molecular weight excluding hydrogens is 356 g/mol. The first-order valence-electron chi connectivity index (χ1n) is 8.03. The van der Waals surface area contributed by atoms with Gasteiger partial charge in [-0.05, 0) is 31.5 Å². The molecule has 0 saturated carbocycles. The van der Waals surface area contributed by atoms with Crippen molar-refractivity contribution >= 4 is 39.3 Å². The van der Waals surface area contributed by atoms with Crippen LogP contribution in [0.5, 0.6) is 0 Å². The quantitative estimate of drug-likeness (QED) is 0.374. The highest BCUT2D eigenvalue weighted by atomic mass is 32.2. The minimum absolute atomic E-state index is 0.112. The van der Waals surface area contributed by atoms with Crippen molar-refractivity contribution in [2.24, 2.45) is 0 Å². The van der Waals surface area contributed by atoms with Gasteiger partial charge >= 0.3 is 5.97 Å². The van der Waals surface area contributed by atoms with E-state index in [4.69, 9.17) is 4.74 Å². The molecule has 0 saturated heterocycles. The van der Waals surface area contributed by atoms with Gasteiger partial charge in [0.25, 0.3) is 5.56 Å². The van der Waals surface area contributed by atoms with Gasteiger partial charge in [-0.15, -0.1) is 11.3 Å². The Labute approximate surface area is 153 Å². The molecule has 7 heteroatoms. The Morgan fingerprint density at radius 2 is 2.04 bits per heavy atom. The zero-order chi connectivity index (χ0) is 17.8. The molecule has 1 aromatic carbocycles. The maximum atomic E-state index is 13.0. The van der Waals surface area contributed by atoms with E-state index in [0.717, 1.165) is 17.0 Å². The second-order valence-electron chi connectivity index (χ2n) is 5.25. The third-order valence-corrected chi connectivity index (χ3v) is 5.66. The minimum Gasteiger partial charge on any atom is -0.465 e. The van der Waals surface area contributed by atoms with E-state index in [2.05, 4.69) is 11.9 Å². The Kier molecular flexibility index (Phi) is 5.55. The van der Waals surface area contributed by atoms with Crippen LogP contribution in [-0.4, -0.2) is 27.9 Å². The molecule has 2 aromatic heterocycles. The first-order valence-corrected chi connectivity index (χ1v) is 9.83. The van der Waals surface area contributed by atoms with E-state index in [0.29, 0.717) is 22.0 Å². The second-order valence-corrected chi connectivity index (χ2v) is 7.31. The molecular formula is C18H18N2O3S2. The van der Waals surface area contributed by atoms with E-state index in [1.54, 1.807) is 11.5 Å². The Hall–Kier alpha value is -2.12. The largest absolute Gasteiger partial charge is 0.465 e. The van der Waals surface area contributed by atoms with Gasteiger partial charge in [0, 0.05) is 4.88 Å². The van der Waals surface area contributed by atoms with Crippen LogP contribution in [0.4, 0.5) is 0 Å². The number of para-hydroxylation sites is 1. The normalized spacial score (nSPS) is 11.0. The Bertz CT molecular complexity index is 948. The standard InChI is InChI=1S/C18H18N2O3S2/c1-3-13-10-14-16(25-13)19-18(24-11-15(21)23-4-2)20(17(14)22)12-8-6-5-7-9-12/h5-10H,3-4,11H2,1-2H3. The highest BCUT2D eigenvalue weighted by Gasteiger charge is 2.17. The van der Waals surface area contributed by atoms with Crippen LogP contribution in [0.25, 0.3) is 15.9 Å². The van der Waals surface area contributed by atoms with Crippen LogP contribution < -0.4 is 5.56 Å². The number of hydrogen-bond acceptors (Lipinski definition) is 6. The summed E-state index contributed by atoms with van der Waals surface area (Å²) >= 11 is 2.74. The first kappa shape index (κ1) is 17.7. The Balaban J connectivity index is 2.12. The lowest BCUT2D eigenvalue weighted by Gasteiger charge is -2.11. The number of fused-ring (bicyclic) bond motifs is 1. The average Bonchev–Trinajstić information content (AvgIpc) is 3.05. The van der Waals surface area contributed by atoms with Gasteiger partial charge in [0.05, 0.1) is 23.4 Å². The van der Waals surface area contributed by atoms with Crippen molar-refractivity contribution in [2.45, 2.75) is 25.4 Å². The van der Waals surface area contributed by atoms with Gasteiger partial charge in [0.2, 0.25) is 0 Å². The van der Waals surface area contributed by atoms with E-state index in [1.165, 1.54) is 23.1 Å². The van der Waals surface area contributed by atoms with E-state index in [1.807, 2.05) is 36.4 Å². The van der Waals surface area contributed by atoms with Crippen LogP contribution in [0, 0.1) is 0 Å². The highest BCUT2D eigenvalue weighted by molar-refractivity contribution is 7.99. The van der Waals surface area contributed by atoms with Crippen LogP contribution in [0.15, 0.2) is 46.3 Å². The van der Waals surface area contributed by atoms with Crippen LogP contribution >= 0.6 is 23.1 Å². The number of hydrogen-bond donors (Lipinski definition) is 0. The number of rotatable bonds is 6. The van der Waals surface area contributed by atoms with Gasteiger partial charge in [0.1, 0.15) is 4.83 Å². The van der Waals surface area contributed by atoms with Gasteiger partial charge in [0.15, 0.2) is 5.16 Å². The molecule has 0 amide bonds. The predicted molar refractivity (Wildman–Crippen MR) is 102 cm³/mol. The molecule has 0 bridgehead atoms. The Morgan fingerprint density at radius 3 is 2.72 bits per heavy atom. The molecule has 3 aromatic rings. The number of aryl methyl sites for hydroxylation is 1. The molecule has 2 heterocycles. The summed E-state index contributed by atoms with van der Waals surface area (Å²) in [6.45, 7) is 4.16. The van der Waals surface area contributed by atoms with Crippen molar-refractivity contribution < 1.29 is 9.53 Å². The smallest absolute Gasteiger partial charge is 0.316 e. The van der Waals surface area contributed by atoms with Gasteiger partial charge in [-0.1, -0.05) is 36.9 Å². The van der Waals surface area contributed by atoms with Crippen LogP contribution in [-0.2, 0) is 16.0 Å². The van der Waals surface area contributed by atoms with Crippen molar-refractivity contribution in [3.05, 3.63) is 51.6 Å². The number of esters is 1. The number of thiophene rings is 1. The number of nitrogens with zero attached hydrogens (tertiary/aromatic N) is 2. The number of carbonyl (C=O) groups is 1. The average molecular weight is 374 g/mol. The van der Waals surface area contributed by atoms with E-state index >= 15 is 0 Å². The molecule has 0 atom stereocenters. The lowest BCUT2D eigenvalue weighted by Crippen LogP contribution is -2.21. The zero-order valence-electron chi connectivity index (χ0n) is 14.0. The number of carbonyl (C=O) groups excluding carboxylic acids is 1. The van der Waals surface area contributed by atoms with Crippen molar-refractivity contribution in [3.63, 3.8) is 0 Å². The monoisotopic (exact) mass is 374 g/mol. The van der Waals surface area contributed by atoms with E-state index in [9.17, 15) is 9.59 Å². The summed E-state index contributed by atoms with van der Waals surface area (Å²) in [4.78, 5) is 31.2. The summed E-state index contributed by atoms with van der Waals surface area (Å²) in [6.07, 6.45) is 0.858. The second kappa shape index (κ2) is 7.84. The predicted octanol–water partition coefficient (Wildman–Crippen LogP) is 3.66. The molecule has 25 heavy (non-hydrogen) atoms. The molecule has 0 spiro atoms. The van der Waals surface area contributed by atoms with Crippen LogP contribution in [0.3, 0.4) is 0 Å². The maximum Gasteiger partial charge on any atom is 0.316 e. The molecule has 0 unspecified atom stereocenters. The molecule has 130 valence electrons. The van der Waals surface area contributed by atoms with Crippen LogP contribution in [0.2, 0.25) is 0 Å². The van der Waals surface area contributed by atoms with Crippen molar-refractivity contribution in [1.82, 2.24) is 9.55 Å². The third-order valence-electron chi connectivity index (χ3n) is 3.57. The fraction of sp³-hybridized carbons (Fsp3) is 0.278. The molecule has 0 radical (unpaired) electrons. The Morgan fingerprint density at radius 1 is 1.28 bits per heavy atom. The number of ether oxygens (including phenoxy) is 1. The highest BCUT2D eigenvalue weighted by Crippen LogP contribution is 2.26. The molecule has 0 fully saturated rings. The lowest BCUT2D eigenvalue weighted by atomic mass is 10.3. The van der Waals surface area contributed by atoms with Crippen molar-refractivity contribution in [1.29, 1.82) is 0 Å². The molecule has 0 aliphatic rings. The van der Waals surface area contributed by atoms with Crippen molar-refractivity contribution in [3.8, 4) is 5.69 Å². The van der Waals surface area contributed by atoms with Gasteiger partial charge < -0.3 is 4.74 Å². The number of benzene rings is 1. The lowest BCUT2D eigenvalue weighted by molar-refractivity contribution is -0.139. The van der Waals surface area contributed by atoms with E-state index in [-0.39, 0.29) is 17.3 Å². The zero-order valence-corrected chi connectivity index (χ0v) is 15.7. The summed E-state index contributed by atoms with van der Waals surface area (Å²) in [7, 11) is 0. The van der Waals surface area contributed by atoms with Gasteiger partial charge in [-0.2, -0.15) is 0 Å². The summed E-state index contributed by atoms with van der Waals surface area (Å²) in [6, 6.07) is 11.3.